The van der Waals surface area contributed by atoms with Crippen molar-refractivity contribution in [3.8, 4) is 0 Å². The van der Waals surface area contributed by atoms with Crippen molar-refractivity contribution in [1.82, 2.24) is 15.1 Å². The van der Waals surface area contributed by atoms with Gasteiger partial charge >= 0.3 is 0 Å². The molecule has 0 unspecified atom stereocenters. The van der Waals surface area contributed by atoms with Gasteiger partial charge in [-0.05, 0) is 40.7 Å². The van der Waals surface area contributed by atoms with Crippen LogP contribution in [-0.2, 0) is 11.3 Å². The summed E-state index contributed by atoms with van der Waals surface area (Å²) >= 11 is 0. The van der Waals surface area contributed by atoms with Gasteiger partial charge in [0, 0.05) is 31.0 Å². The zero-order chi connectivity index (χ0) is 12.7. The van der Waals surface area contributed by atoms with Gasteiger partial charge in [0.1, 0.15) is 0 Å². The Labute approximate surface area is 104 Å². The van der Waals surface area contributed by atoms with Gasteiger partial charge in [0.25, 0.3) is 0 Å². The predicted molar refractivity (Wildman–Crippen MR) is 70.0 cm³/mol. The molecule has 0 bridgehead atoms. The first-order chi connectivity index (χ1) is 8.09. The van der Waals surface area contributed by atoms with Crippen molar-refractivity contribution in [2.75, 3.05) is 13.2 Å². The average molecular weight is 239 g/mol. The first-order valence-electron chi connectivity index (χ1n) is 6.45. The second-order valence-electron chi connectivity index (χ2n) is 4.87. The molecule has 98 valence electrons. The van der Waals surface area contributed by atoms with Crippen LogP contribution in [0.2, 0.25) is 0 Å². The Morgan fingerprint density at radius 1 is 1.35 bits per heavy atom. The number of aromatic nitrogens is 2. The summed E-state index contributed by atoms with van der Waals surface area (Å²) in [5, 5.41) is 7.70. The third kappa shape index (κ3) is 5.84. The van der Waals surface area contributed by atoms with Crippen LogP contribution in [0.25, 0.3) is 0 Å². The summed E-state index contributed by atoms with van der Waals surface area (Å²) in [4.78, 5) is 0. The summed E-state index contributed by atoms with van der Waals surface area (Å²) in [5.41, 5.74) is 1.24. The fourth-order valence-corrected chi connectivity index (χ4v) is 1.50. The van der Waals surface area contributed by atoms with Gasteiger partial charge in [0.2, 0.25) is 0 Å². The van der Waals surface area contributed by atoms with Crippen LogP contribution in [0, 0.1) is 0 Å². The number of hydrogen-bond donors (Lipinski definition) is 1. The average Bonchev–Trinajstić information content (AvgIpc) is 2.71. The van der Waals surface area contributed by atoms with Crippen molar-refractivity contribution >= 4 is 0 Å². The van der Waals surface area contributed by atoms with Crippen LogP contribution in [0.1, 0.15) is 45.7 Å². The Morgan fingerprint density at radius 3 is 2.71 bits per heavy atom. The Hall–Kier alpha value is -0.870. The Kier molecular flexibility index (Phi) is 6.22. The molecule has 1 aromatic heterocycles. The first kappa shape index (κ1) is 14.2. The molecule has 1 aromatic rings. The van der Waals surface area contributed by atoms with Gasteiger partial charge in [0.15, 0.2) is 0 Å². The molecule has 0 aliphatic carbocycles. The highest BCUT2D eigenvalue weighted by molar-refractivity contribution is 5.03. The first-order valence-corrected chi connectivity index (χ1v) is 6.45. The van der Waals surface area contributed by atoms with E-state index in [0.29, 0.717) is 12.1 Å². The topological polar surface area (TPSA) is 39.1 Å². The molecular weight excluding hydrogens is 214 g/mol. The lowest BCUT2D eigenvalue weighted by atomic mass is 10.3. The zero-order valence-electron chi connectivity index (χ0n) is 11.4. The maximum Gasteiger partial charge on any atom is 0.0534 e. The van der Waals surface area contributed by atoms with Crippen molar-refractivity contribution in [2.45, 2.75) is 52.8 Å². The van der Waals surface area contributed by atoms with Gasteiger partial charge in [-0.2, -0.15) is 5.10 Å². The fraction of sp³-hybridized carbons (Fsp3) is 0.769. The lowest BCUT2D eigenvalue weighted by molar-refractivity contribution is 0.0770. The molecule has 17 heavy (non-hydrogen) atoms. The minimum atomic E-state index is 0.333. The number of rotatable bonds is 8. The zero-order valence-corrected chi connectivity index (χ0v) is 11.4. The molecule has 1 N–H and O–H groups in total. The minimum absolute atomic E-state index is 0.333. The standard InChI is InChI=1S/C13H25N3O/c1-11(2)16-10-13(9-15-16)8-14-6-5-7-17-12(3)4/h9-12,14H,5-8H2,1-4H3. The van der Waals surface area contributed by atoms with Gasteiger partial charge in [-0.3, -0.25) is 4.68 Å². The van der Waals surface area contributed by atoms with E-state index in [2.05, 4.69) is 44.3 Å². The lowest BCUT2D eigenvalue weighted by Gasteiger charge is -2.07. The van der Waals surface area contributed by atoms with E-state index in [1.807, 2.05) is 10.9 Å². The van der Waals surface area contributed by atoms with Crippen LogP contribution in [0.5, 0.6) is 0 Å². The highest BCUT2D eigenvalue weighted by Crippen LogP contribution is 2.04. The molecule has 0 aliphatic rings. The van der Waals surface area contributed by atoms with Crippen molar-refractivity contribution in [2.24, 2.45) is 0 Å². The van der Waals surface area contributed by atoms with E-state index < -0.39 is 0 Å². The van der Waals surface area contributed by atoms with E-state index in [0.717, 1.165) is 26.1 Å². The molecule has 4 heteroatoms. The Balaban J connectivity index is 2.09. The highest BCUT2D eigenvalue weighted by Gasteiger charge is 2.01. The van der Waals surface area contributed by atoms with E-state index in [1.54, 1.807) is 0 Å². The number of ether oxygens (including phenoxy) is 1. The molecule has 0 atom stereocenters. The summed E-state index contributed by atoms with van der Waals surface area (Å²) < 4.78 is 7.46. The van der Waals surface area contributed by atoms with Gasteiger partial charge in [0.05, 0.1) is 12.3 Å². The van der Waals surface area contributed by atoms with Crippen molar-refractivity contribution < 1.29 is 4.74 Å². The molecule has 0 radical (unpaired) electrons. The second-order valence-corrected chi connectivity index (χ2v) is 4.87. The van der Waals surface area contributed by atoms with E-state index in [9.17, 15) is 0 Å². The van der Waals surface area contributed by atoms with E-state index in [-0.39, 0.29) is 0 Å². The molecule has 0 aliphatic heterocycles. The van der Waals surface area contributed by atoms with Crippen molar-refractivity contribution in [3.05, 3.63) is 18.0 Å². The van der Waals surface area contributed by atoms with Crippen LogP contribution in [0.4, 0.5) is 0 Å². The molecule has 0 amide bonds. The normalized spacial score (nSPS) is 11.6. The maximum absolute atomic E-state index is 5.47. The third-order valence-electron chi connectivity index (χ3n) is 2.46. The Bertz CT molecular complexity index is 307. The van der Waals surface area contributed by atoms with Gasteiger partial charge in [-0.25, -0.2) is 0 Å². The van der Waals surface area contributed by atoms with Crippen molar-refractivity contribution in [1.29, 1.82) is 0 Å². The fourth-order valence-electron chi connectivity index (χ4n) is 1.50. The Morgan fingerprint density at radius 2 is 2.12 bits per heavy atom. The summed E-state index contributed by atoms with van der Waals surface area (Å²) in [7, 11) is 0. The molecular formula is C13H25N3O. The smallest absolute Gasteiger partial charge is 0.0534 e. The third-order valence-corrected chi connectivity index (χ3v) is 2.46. The van der Waals surface area contributed by atoms with Crippen LogP contribution in [0.15, 0.2) is 12.4 Å². The van der Waals surface area contributed by atoms with E-state index >= 15 is 0 Å². The maximum atomic E-state index is 5.47. The quantitative estimate of drug-likeness (QED) is 0.708. The van der Waals surface area contributed by atoms with Gasteiger partial charge < -0.3 is 10.1 Å². The monoisotopic (exact) mass is 239 g/mol. The van der Waals surface area contributed by atoms with E-state index in [4.69, 9.17) is 4.74 Å². The van der Waals surface area contributed by atoms with Crippen molar-refractivity contribution in [3.63, 3.8) is 0 Å². The summed E-state index contributed by atoms with van der Waals surface area (Å²) in [6.07, 6.45) is 5.41. The lowest BCUT2D eigenvalue weighted by Crippen LogP contribution is -2.17. The highest BCUT2D eigenvalue weighted by atomic mass is 16.5. The van der Waals surface area contributed by atoms with Crippen LogP contribution < -0.4 is 5.32 Å². The number of nitrogens with one attached hydrogen (secondary N) is 1. The molecule has 1 rings (SSSR count). The number of hydrogen-bond acceptors (Lipinski definition) is 3. The van der Waals surface area contributed by atoms with Gasteiger partial charge in [-0.1, -0.05) is 0 Å². The van der Waals surface area contributed by atoms with Crippen LogP contribution in [0.3, 0.4) is 0 Å². The number of nitrogens with zero attached hydrogens (tertiary/aromatic N) is 2. The largest absolute Gasteiger partial charge is 0.379 e. The van der Waals surface area contributed by atoms with E-state index in [1.165, 1.54) is 5.56 Å². The minimum Gasteiger partial charge on any atom is -0.379 e. The van der Waals surface area contributed by atoms with Crippen LogP contribution in [-0.4, -0.2) is 29.0 Å². The molecule has 0 fully saturated rings. The van der Waals surface area contributed by atoms with Gasteiger partial charge in [-0.15, -0.1) is 0 Å². The predicted octanol–water partition coefficient (Wildman–Crippen LogP) is 2.37. The summed E-state index contributed by atoms with van der Waals surface area (Å²) in [6, 6.07) is 0.434. The summed E-state index contributed by atoms with van der Waals surface area (Å²) in [5.74, 6) is 0. The SMILES string of the molecule is CC(C)OCCCNCc1cnn(C(C)C)c1. The molecule has 1 heterocycles. The molecule has 0 spiro atoms. The molecule has 0 saturated carbocycles. The molecule has 0 aromatic carbocycles. The van der Waals surface area contributed by atoms with Crippen LogP contribution >= 0.6 is 0 Å². The molecule has 0 saturated heterocycles. The summed E-state index contributed by atoms with van der Waals surface area (Å²) in [6.45, 7) is 11.1. The second kappa shape index (κ2) is 7.45. The molecule has 4 nitrogen and oxygen atoms in total.